The fourth-order valence-electron chi connectivity index (χ4n) is 2.85. The fourth-order valence-corrected chi connectivity index (χ4v) is 2.85. The number of benzene rings is 1. The number of para-hydroxylation sites is 2. The SMILES string of the molecule is CCC(C)C(NC(=O)C(C)NC(=O)c1ccco1)c1nc2ccccc2[nH]1. The zero-order valence-corrected chi connectivity index (χ0v) is 15.7. The number of imidazole rings is 1. The number of aromatic amines is 1. The lowest BCUT2D eigenvalue weighted by Gasteiger charge is -2.24. The predicted molar refractivity (Wildman–Crippen MR) is 102 cm³/mol. The first-order valence-electron chi connectivity index (χ1n) is 9.09. The molecule has 3 rings (SSSR count). The summed E-state index contributed by atoms with van der Waals surface area (Å²) in [5, 5.41) is 5.66. The average molecular weight is 368 g/mol. The highest BCUT2D eigenvalue weighted by molar-refractivity contribution is 5.95. The van der Waals surface area contributed by atoms with E-state index < -0.39 is 11.9 Å². The van der Waals surface area contributed by atoms with Crippen LogP contribution in [0.5, 0.6) is 0 Å². The Kier molecular flexibility index (Phi) is 5.59. The second-order valence-corrected chi connectivity index (χ2v) is 6.68. The van der Waals surface area contributed by atoms with Crippen molar-refractivity contribution in [2.75, 3.05) is 0 Å². The molecule has 0 aliphatic heterocycles. The van der Waals surface area contributed by atoms with Crippen molar-refractivity contribution in [2.45, 2.75) is 39.3 Å². The van der Waals surface area contributed by atoms with Gasteiger partial charge < -0.3 is 20.0 Å². The van der Waals surface area contributed by atoms with E-state index in [1.54, 1.807) is 19.1 Å². The van der Waals surface area contributed by atoms with Crippen LogP contribution >= 0.6 is 0 Å². The number of amides is 2. The third-order valence-electron chi connectivity index (χ3n) is 4.70. The van der Waals surface area contributed by atoms with Crippen LogP contribution in [0.1, 0.15) is 49.6 Å². The molecule has 0 spiro atoms. The lowest BCUT2D eigenvalue weighted by atomic mass is 9.98. The molecule has 2 aromatic heterocycles. The highest BCUT2D eigenvalue weighted by atomic mass is 16.3. The predicted octanol–water partition coefficient (Wildman–Crippen LogP) is 3.18. The van der Waals surface area contributed by atoms with Gasteiger partial charge in [-0.2, -0.15) is 0 Å². The molecule has 142 valence electrons. The number of H-pyrrole nitrogens is 1. The molecule has 1 aromatic carbocycles. The summed E-state index contributed by atoms with van der Waals surface area (Å²) < 4.78 is 5.06. The standard InChI is InChI=1S/C20H24N4O3/c1-4-12(2)17(18-22-14-8-5-6-9-15(14)23-18)24-19(25)13(3)21-20(26)16-10-7-11-27-16/h5-13,17H,4H2,1-3H3,(H,21,26)(H,22,23)(H,24,25). The lowest BCUT2D eigenvalue weighted by Crippen LogP contribution is -2.47. The van der Waals surface area contributed by atoms with E-state index in [9.17, 15) is 9.59 Å². The summed E-state index contributed by atoms with van der Waals surface area (Å²) in [6.45, 7) is 5.77. The van der Waals surface area contributed by atoms with Gasteiger partial charge in [-0.05, 0) is 37.1 Å². The van der Waals surface area contributed by atoms with Crippen LogP contribution in [-0.4, -0.2) is 27.8 Å². The van der Waals surface area contributed by atoms with Crippen molar-refractivity contribution in [1.29, 1.82) is 0 Å². The summed E-state index contributed by atoms with van der Waals surface area (Å²) in [7, 11) is 0. The Morgan fingerprint density at radius 1 is 1.15 bits per heavy atom. The van der Waals surface area contributed by atoms with E-state index in [0.717, 1.165) is 17.5 Å². The molecule has 3 atom stereocenters. The highest BCUT2D eigenvalue weighted by Crippen LogP contribution is 2.24. The molecule has 3 N–H and O–H groups in total. The first kappa shape index (κ1) is 18.7. The highest BCUT2D eigenvalue weighted by Gasteiger charge is 2.26. The van der Waals surface area contributed by atoms with Crippen LogP contribution in [0.3, 0.4) is 0 Å². The maximum Gasteiger partial charge on any atom is 0.287 e. The van der Waals surface area contributed by atoms with Gasteiger partial charge in [0.25, 0.3) is 5.91 Å². The molecule has 7 heteroatoms. The number of furan rings is 1. The molecule has 27 heavy (non-hydrogen) atoms. The molecule has 3 aromatic rings. The topological polar surface area (TPSA) is 100 Å². The van der Waals surface area contributed by atoms with Gasteiger partial charge in [-0.15, -0.1) is 0 Å². The molecule has 2 amide bonds. The third kappa shape index (κ3) is 4.19. The van der Waals surface area contributed by atoms with Gasteiger partial charge in [-0.1, -0.05) is 32.4 Å². The van der Waals surface area contributed by atoms with E-state index in [1.807, 2.05) is 24.3 Å². The van der Waals surface area contributed by atoms with Gasteiger partial charge in [0.15, 0.2) is 5.76 Å². The number of rotatable bonds is 7. The molecular weight excluding hydrogens is 344 g/mol. The molecule has 0 saturated carbocycles. The van der Waals surface area contributed by atoms with Gasteiger partial charge in [-0.3, -0.25) is 9.59 Å². The van der Waals surface area contributed by atoms with Crippen LogP contribution in [-0.2, 0) is 4.79 Å². The minimum absolute atomic E-state index is 0.169. The van der Waals surface area contributed by atoms with Crippen LogP contribution in [0.4, 0.5) is 0 Å². The molecule has 0 saturated heterocycles. The largest absolute Gasteiger partial charge is 0.459 e. The van der Waals surface area contributed by atoms with Crippen molar-refractivity contribution in [3.63, 3.8) is 0 Å². The Balaban J connectivity index is 1.73. The van der Waals surface area contributed by atoms with Crippen LogP contribution in [0.25, 0.3) is 11.0 Å². The summed E-state index contributed by atoms with van der Waals surface area (Å²) in [4.78, 5) is 32.7. The first-order chi connectivity index (χ1) is 13.0. The zero-order valence-electron chi connectivity index (χ0n) is 15.7. The number of hydrogen-bond donors (Lipinski definition) is 3. The quantitative estimate of drug-likeness (QED) is 0.596. The average Bonchev–Trinajstić information content (AvgIpc) is 3.34. The summed E-state index contributed by atoms with van der Waals surface area (Å²) in [6.07, 6.45) is 2.29. The summed E-state index contributed by atoms with van der Waals surface area (Å²) in [5.74, 6) is 0.350. The second-order valence-electron chi connectivity index (χ2n) is 6.68. The molecule has 7 nitrogen and oxygen atoms in total. The molecule has 3 unspecified atom stereocenters. The summed E-state index contributed by atoms with van der Waals surface area (Å²) in [6, 6.07) is 9.93. The molecule has 2 heterocycles. The first-order valence-corrected chi connectivity index (χ1v) is 9.09. The fraction of sp³-hybridized carbons (Fsp3) is 0.350. The second kappa shape index (κ2) is 8.07. The number of aromatic nitrogens is 2. The molecule has 0 aliphatic rings. The smallest absolute Gasteiger partial charge is 0.287 e. The minimum Gasteiger partial charge on any atom is -0.459 e. The molecule has 0 aliphatic carbocycles. The number of nitrogens with one attached hydrogen (secondary N) is 3. The van der Waals surface area contributed by atoms with Crippen molar-refractivity contribution in [3.05, 3.63) is 54.2 Å². The Hall–Kier alpha value is -3.09. The van der Waals surface area contributed by atoms with Crippen molar-refractivity contribution in [3.8, 4) is 0 Å². The zero-order chi connectivity index (χ0) is 19.4. The van der Waals surface area contributed by atoms with Gasteiger partial charge in [0.2, 0.25) is 5.91 Å². The normalized spacial score (nSPS) is 14.5. The van der Waals surface area contributed by atoms with Gasteiger partial charge >= 0.3 is 0 Å². The van der Waals surface area contributed by atoms with Crippen LogP contribution in [0.2, 0.25) is 0 Å². The van der Waals surface area contributed by atoms with Crippen LogP contribution < -0.4 is 10.6 Å². The van der Waals surface area contributed by atoms with E-state index >= 15 is 0 Å². The van der Waals surface area contributed by atoms with Gasteiger partial charge in [-0.25, -0.2) is 4.98 Å². The number of hydrogen-bond acceptors (Lipinski definition) is 4. The molecular formula is C20H24N4O3. The van der Waals surface area contributed by atoms with Gasteiger partial charge in [0.05, 0.1) is 23.3 Å². The van der Waals surface area contributed by atoms with Gasteiger partial charge in [0, 0.05) is 0 Å². The minimum atomic E-state index is -0.710. The number of carbonyl (C=O) groups is 2. The van der Waals surface area contributed by atoms with Crippen molar-refractivity contribution in [2.24, 2.45) is 5.92 Å². The Bertz CT molecular complexity index is 883. The van der Waals surface area contributed by atoms with Crippen molar-refractivity contribution >= 4 is 22.8 Å². The van der Waals surface area contributed by atoms with Crippen LogP contribution in [0, 0.1) is 5.92 Å². The van der Waals surface area contributed by atoms with E-state index in [-0.39, 0.29) is 23.6 Å². The monoisotopic (exact) mass is 368 g/mol. The van der Waals surface area contributed by atoms with Crippen molar-refractivity contribution in [1.82, 2.24) is 20.6 Å². The lowest BCUT2D eigenvalue weighted by molar-refractivity contribution is -0.123. The number of fused-ring (bicyclic) bond motifs is 1. The Morgan fingerprint density at radius 3 is 2.59 bits per heavy atom. The molecule has 0 fully saturated rings. The number of nitrogens with zero attached hydrogens (tertiary/aromatic N) is 1. The maximum atomic E-state index is 12.7. The summed E-state index contributed by atoms with van der Waals surface area (Å²) >= 11 is 0. The van der Waals surface area contributed by atoms with Crippen molar-refractivity contribution < 1.29 is 14.0 Å². The summed E-state index contributed by atoms with van der Waals surface area (Å²) in [5.41, 5.74) is 1.78. The van der Waals surface area contributed by atoms with E-state index in [2.05, 4.69) is 34.4 Å². The van der Waals surface area contributed by atoms with E-state index in [4.69, 9.17) is 4.42 Å². The van der Waals surface area contributed by atoms with E-state index in [0.29, 0.717) is 5.82 Å². The Labute approximate surface area is 157 Å². The van der Waals surface area contributed by atoms with Crippen LogP contribution in [0.15, 0.2) is 47.1 Å². The molecule has 0 radical (unpaired) electrons. The number of carbonyl (C=O) groups excluding carboxylic acids is 2. The Morgan fingerprint density at radius 2 is 1.93 bits per heavy atom. The maximum absolute atomic E-state index is 12.7. The third-order valence-corrected chi connectivity index (χ3v) is 4.70. The van der Waals surface area contributed by atoms with E-state index in [1.165, 1.54) is 6.26 Å². The van der Waals surface area contributed by atoms with Gasteiger partial charge in [0.1, 0.15) is 11.9 Å². The molecule has 0 bridgehead atoms.